The van der Waals surface area contributed by atoms with Crippen molar-refractivity contribution in [2.24, 2.45) is 0 Å². The largest absolute Gasteiger partial charge is 0.476 e. The Morgan fingerprint density at radius 2 is 2.25 bits per heavy atom. The second-order valence-corrected chi connectivity index (χ2v) is 4.92. The molecular weight excluding hydrogens is 282 g/mol. The predicted octanol–water partition coefficient (Wildman–Crippen LogP) is 1.01. The summed E-state index contributed by atoms with van der Waals surface area (Å²) in [6.07, 6.45) is 0.657. The molecule has 2 aromatic rings. The smallest absolute Gasteiger partial charge is 0.355 e. The Bertz CT molecular complexity index is 636. The number of carboxylic acids is 1. The maximum atomic E-state index is 11.9. The van der Waals surface area contributed by atoms with E-state index in [-0.39, 0.29) is 11.5 Å². The van der Waals surface area contributed by atoms with Gasteiger partial charge in [0.15, 0.2) is 5.69 Å². The highest BCUT2D eigenvalue weighted by atomic mass is 32.1. The zero-order chi connectivity index (χ0) is 14.7. The molecule has 20 heavy (non-hydrogen) atoms. The first-order valence-corrected chi connectivity index (χ1v) is 6.80. The first-order chi connectivity index (χ1) is 9.51. The topological polar surface area (TPSA) is 121 Å². The van der Waals surface area contributed by atoms with E-state index in [2.05, 4.69) is 25.5 Å². The van der Waals surface area contributed by atoms with E-state index >= 15 is 0 Å². The second-order valence-electron chi connectivity index (χ2n) is 4.03. The van der Waals surface area contributed by atoms with Crippen LogP contribution in [0.3, 0.4) is 0 Å². The van der Waals surface area contributed by atoms with Crippen molar-refractivity contribution in [2.75, 3.05) is 0 Å². The minimum Gasteiger partial charge on any atom is -0.476 e. The highest BCUT2D eigenvalue weighted by molar-refractivity contribution is 7.09. The van der Waals surface area contributed by atoms with E-state index in [1.165, 1.54) is 16.7 Å². The standard InChI is InChI=1S/C11H13N5O3S/c1-3-7-14-8(16-15-7)9(17)12-5(2)10-13-6(4-20-10)11(18)19/h4-5H,3H2,1-2H3,(H,12,17)(H,18,19)(H,14,15,16). The summed E-state index contributed by atoms with van der Waals surface area (Å²) >= 11 is 1.18. The molecule has 9 heteroatoms. The summed E-state index contributed by atoms with van der Waals surface area (Å²) in [4.78, 5) is 30.6. The third-order valence-electron chi connectivity index (χ3n) is 2.53. The molecule has 0 aliphatic carbocycles. The molecule has 0 spiro atoms. The molecule has 0 aliphatic rings. The molecule has 0 fully saturated rings. The molecule has 1 unspecified atom stereocenters. The van der Waals surface area contributed by atoms with E-state index in [9.17, 15) is 9.59 Å². The van der Waals surface area contributed by atoms with Crippen molar-refractivity contribution in [3.8, 4) is 0 Å². The van der Waals surface area contributed by atoms with E-state index in [4.69, 9.17) is 5.11 Å². The van der Waals surface area contributed by atoms with Crippen LogP contribution in [0.1, 0.15) is 51.8 Å². The summed E-state index contributed by atoms with van der Waals surface area (Å²) in [6.45, 7) is 3.61. The van der Waals surface area contributed by atoms with Crippen molar-refractivity contribution in [3.63, 3.8) is 0 Å². The maximum Gasteiger partial charge on any atom is 0.355 e. The number of rotatable bonds is 5. The maximum absolute atomic E-state index is 11.9. The fraction of sp³-hybridized carbons (Fsp3) is 0.364. The summed E-state index contributed by atoms with van der Waals surface area (Å²) in [7, 11) is 0. The average molecular weight is 295 g/mol. The Labute approximate surface area is 118 Å². The molecule has 2 aromatic heterocycles. The number of carbonyl (C=O) groups excluding carboxylic acids is 1. The number of carbonyl (C=O) groups is 2. The molecule has 0 aliphatic heterocycles. The minimum atomic E-state index is -1.09. The van der Waals surface area contributed by atoms with Crippen LogP contribution in [0.5, 0.6) is 0 Å². The van der Waals surface area contributed by atoms with Crippen LogP contribution in [0.25, 0.3) is 0 Å². The average Bonchev–Trinajstić information content (AvgIpc) is 3.07. The van der Waals surface area contributed by atoms with Gasteiger partial charge >= 0.3 is 5.97 Å². The number of H-pyrrole nitrogens is 1. The Morgan fingerprint density at radius 3 is 2.80 bits per heavy atom. The molecule has 0 saturated heterocycles. The van der Waals surface area contributed by atoms with Crippen LogP contribution in [0.2, 0.25) is 0 Å². The fourth-order valence-electron chi connectivity index (χ4n) is 1.46. The molecule has 3 N–H and O–H groups in total. The summed E-state index contributed by atoms with van der Waals surface area (Å²) in [5, 5.41) is 19.9. The zero-order valence-electron chi connectivity index (χ0n) is 10.9. The van der Waals surface area contributed by atoms with Crippen molar-refractivity contribution >= 4 is 23.2 Å². The third kappa shape index (κ3) is 2.99. The fourth-order valence-corrected chi connectivity index (χ4v) is 2.26. The van der Waals surface area contributed by atoms with Gasteiger partial charge in [0.2, 0.25) is 5.82 Å². The molecule has 1 atom stereocenters. The van der Waals surface area contributed by atoms with E-state index < -0.39 is 17.9 Å². The van der Waals surface area contributed by atoms with Crippen molar-refractivity contribution in [2.45, 2.75) is 26.3 Å². The van der Waals surface area contributed by atoms with Gasteiger partial charge in [-0.15, -0.1) is 16.4 Å². The second kappa shape index (κ2) is 5.78. The summed E-state index contributed by atoms with van der Waals surface area (Å²) in [5.41, 5.74) is -0.0303. The highest BCUT2D eigenvalue weighted by Crippen LogP contribution is 2.18. The van der Waals surface area contributed by atoms with Gasteiger partial charge in [-0.3, -0.25) is 9.89 Å². The summed E-state index contributed by atoms with van der Waals surface area (Å²) < 4.78 is 0. The van der Waals surface area contributed by atoms with Gasteiger partial charge in [-0.2, -0.15) is 0 Å². The number of nitrogens with one attached hydrogen (secondary N) is 2. The van der Waals surface area contributed by atoms with Crippen LogP contribution in [0, 0.1) is 0 Å². The van der Waals surface area contributed by atoms with Crippen LogP contribution >= 0.6 is 11.3 Å². The molecular formula is C11H13N5O3S. The zero-order valence-corrected chi connectivity index (χ0v) is 11.7. The Morgan fingerprint density at radius 1 is 1.50 bits per heavy atom. The molecule has 0 aromatic carbocycles. The van der Waals surface area contributed by atoms with Gasteiger partial charge in [0, 0.05) is 11.8 Å². The van der Waals surface area contributed by atoms with E-state index in [0.29, 0.717) is 17.3 Å². The molecule has 0 bridgehead atoms. The molecule has 0 radical (unpaired) electrons. The van der Waals surface area contributed by atoms with Gasteiger partial charge in [-0.05, 0) is 6.92 Å². The van der Waals surface area contributed by atoms with Gasteiger partial charge < -0.3 is 10.4 Å². The number of carboxylic acid groups (broad SMARTS) is 1. The SMILES string of the molecule is CCc1nc(C(=O)NC(C)c2nc(C(=O)O)cs2)n[nH]1. The molecule has 1 amide bonds. The molecule has 2 rings (SSSR count). The van der Waals surface area contributed by atoms with E-state index in [0.717, 1.165) is 0 Å². The quantitative estimate of drug-likeness (QED) is 0.757. The molecule has 106 valence electrons. The summed E-state index contributed by atoms with van der Waals surface area (Å²) in [5.74, 6) is -0.831. The minimum absolute atomic E-state index is 0.0303. The van der Waals surface area contributed by atoms with Crippen LogP contribution in [-0.4, -0.2) is 37.1 Å². The number of aromatic nitrogens is 4. The number of aromatic carboxylic acids is 1. The summed E-state index contributed by atoms with van der Waals surface area (Å²) in [6, 6.07) is -0.413. The monoisotopic (exact) mass is 295 g/mol. The van der Waals surface area contributed by atoms with Crippen molar-refractivity contribution < 1.29 is 14.7 Å². The predicted molar refractivity (Wildman–Crippen MR) is 70.7 cm³/mol. The Kier molecular flexibility index (Phi) is 4.08. The van der Waals surface area contributed by atoms with Crippen LogP contribution in [0.4, 0.5) is 0 Å². The Hall–Kier alpha value is -2.29. The van der Waals surface area contributed by atoms with E-state index in [1.807, 2.05) is 6.92 Å². The number of hydrogen-bond donors (Lipinski definition) is 3. The number of nitrogens with zero attached hydrogens (tertiary/aromatic N) is 3. The lowest BCUT2D eigenvalue weighted by molar-refractivity contribution is 0.0691. The highest BCUT2D eigenvalue weighted by Gasteiger charge is 2.19. The van der Waals surface area contributed by atoms with Gasteiger partial charge in [-0.1, -0.05) is 6.92 Å². The van der Waals surface area contributed by atoms with E-state index in [1.54, 1.807) is 6.92 Å². The van der Waals surface area contributed by atoms with Gasteiger partial charge in [0.25, 0.3) is 5.91 Å². The van der Waals surface area contributed by atoms with Gasteiger partial charge in [0.1, 0.15) is 10.8 Å². The Balaban J connectivity index is 2.04. The lowest BCUT2D eigenvalue weighted by atomic mass is 10.3. The number of aromatic amines is 1. The lowest BCUT2D eigenvalue weighted by Gasteiger charge is -2.08. The first kappa shape index (κ1) is 14.1. The molecule has 0 saturated carbocycles. The van der Waals surface area contributed by atoms with Crippen LogP contribution < -0.4 is 5.32 Å². The third-order valence-corrected chi connectivity index (χ3v) is 3.56. The van der Waals surface area contributed by atoms with Gasteiger partial charge in [0.05, 0.1) is 6.04 Å². The van der Waals surface area contributed by atoms with Crippen molar-refractivity contribution in [1.82, 2.24) is 25.5 Å². The number of thiazole rings is 1. The first-order valence-electron chi connectivity index (χ1n) is 5.92. The number of aryl methyl sites for hydroxylation is 1. The molecule has 2 heterocycles. The normalized spacial score (nSPS) is 12.1. The number of amides is 1. The molecule has 8 nitrogen and oxygen atoms in total. The van der Waals surface area contributed by atoms with Crippen molar-refractivity contribution in [3.05, 3.63) is 27.7 Å². The van der Waals surface area contributed by atoms with Crippen LogP contribution in [-0.2, 0) is 6.42 Å². The van der Waals surface area contributed by atoms with Crippen molar-refractivity contribution in [1.29, 1.82) is 0 Å². The number of hydrogen-bond acceptors (Lipinski definition) is 6. The lowest BCUT2D eigenvalue weighted by Crippen LogP contribution is -2.27. The van der Waals surface area contributed by atoms with Crippen LogP contribution in [0.15, 0.2) is 5.38 Å². The van der Waals surface area contributed by atoms with Gasteiger partial charge in [-0.25, -0.2) is 14.8 Å².